The fourth-order valence-corrected chi connectivity index (χ4v) is 1.03. The van der Waals surface area contributed by atoms with Gasteiger partial charge in [0.15, 0.2) is 0 Å². The smallest absolute Gasteiger partial charge is 0.121 e. The van der Waals surface area contributed by atoms with E-state index < -0.39 is 0 Å². The van der Waals surface area contributed by atoms with Crippen molar-refractivity contribution in [1.82, 2.24) is 0 Å². The van der Waals surface area contributed by atoms with Crippen LogP contribution in [0.2, 0.25) is 0 Å². The summed E-state index contributed by atoms with van der Waals surface area (Å²) in [4.78, 5) is 0. The third-order valence-electron chi connectivity index (χ3n) is 0.866. The van der Waals surface area contributed by atoms with E-state index in [0.717, 1.165) is 5.05 Å². The van der Waals surface area contributed by atoms with Crippen LogP contribution >= 0.6 is 10.9 Å². The Hall–Kier alpha value is -0.120. The third-order valence-corrected chi connectivity index (χ3v) is 1.62. The first kappa shape index (κ1) is 9.88. The third kappa shape index (κ3) is 3.82. The maximum atomic E-state index is 5.57. The van der Waals surface area contributed by atoms with Gasteiger partial charge in [0.1, 0.15) is 5.05 Å². The second kappa shape index (κ2) is 4.66. The SMILES string of the molecule is C=S=C(OC(C)C)[C@H](C)N. The zero-order valence-electron chi connectivity index (χ0n) is 6.76. The molecule has 0 spiro atoms. The van der Waals surface area contributed by atoms with Gasteiger partial charge >= 0.3 is 0 Å². The monoisotopic (exact) mass is 161 g/mol. The first-order chi connectivity index (χ1) is 4.57. The van der Waals surface area contributed by atoms with Gasteiger partial charge in [-0.05, 0) is 26.6 Å². The highest BCUT2D eigenvalue weighted by Gasteiger charge is 2.04. The fraction of sp³-hybridized carbons (Fsp3) is 0.714. The maximum absolute atomic E-state index is 5.57. The van der Waals surface area contributed by atoms with E-state index in [-0.39, 0.29) is 12.1 Å². The summed E-state index contributed by atoms with van der Waals surface area (Å²) in [6, 6.07) is -0.0371. The maximum Gasteiger partial charge on any atom is 0.121 e. The van der Waals surface area contributed by atoms with E-state index in [1.807, 2.05) is 20.8 Å². The molecule has 0 bridgehead atoms. The van der Waals surface area contributed by atoms with Crippen LogP contribution in [0.1, 0.15) is 20.8 Å². The van der Waals surface area contributed by atoms with Gasteiger partial charge in [-0.2, -0.15) is 0 Å². The molecule has 0 radical (unpaired) electrons. The van der Waals surface area contributed by atoms with Gasteiger partial charge in [0, 0.05) is 0 Å². The largest absolute Gasteiger partial charge is 0.336 e. The average molecular weight is 161 g/mol. The van der Waals surface area contributed by atoms with E-state index in [1.54, 1.807) is 0 Å². The Bertz CT molecular complexity index is 148. The number of rotatable bonds is 2. The molecule has 0 saturated carbocycles. The highest BCUT2D eigenvalue weighted by molar-refractivity contribution is 7.95. The molecule has 0 heterocycles. The summed E-state index contributed by atoms with van der Waals surface area (Å²) in [5, 5.41) is 0.801. The molecule has 0 aliphatic heterocycles. The molecular weight excluding hydrogens is 146 g/mol. The Morgan fingerprint density at radius 3 is 2.10 bits per heavy atom. The van der Waals surface area contributed by atoms with Crippen LogP contribution in [-0.4, -0.2) is 23.1 Å². The van der Waals surface area contributed by atoms with Crippen molar-refractivity contribution in [2.24, 2.45) is 5.73 Å². The lowest BCUT2D eigenvalue weighted by Crippen LogP contribution is -2.29. The lowest BCUT2D eigenvalue weighted by Gasteiger charge is -2.11. The summed E-state index contributed by atoms with van der Waals surface area (Å²) in [6.45, 7) is 5.83. The van der Waals surface area contributed by atoms with Gasteiger partial charge in [0.25, 0.3) is 0 Å². The van der Waals surface area contributed by atoms with E-state index >= 15 is 0 Å². The molecule has 0 rings (SSSR count). The van der Waals surface area contributed by atoms with Crippen LogP contribution < -0.4 is 5.73 Å². The fourth-order valence-electron chi connectivity index (χ4n) is 0.505. The van der Waals surface area contributed by atoms with Crippen molar-refractivity contribution in [2.75, 3.05) is 0 Å². The highest BCUT2D eigenvalue weighted by atomic mass is 32.1. The van der Waals surface area contributed by atoms with E-state index in [2.05, 4.69) is 5.87 Å². The Labute approximate surface area is 65.9 Å². The Morgan fingerprint density at radius 2 is 2.00 bits per heavy atom. The number of ether oxygens (including phenoxy) is 1. The standard InChI is InChI=1S/C7H15NOS/c1-5(2)9-7(10-4)6(3)8/h5-6H,4,8H2,1-3H3/t6-/m0/s1. The van der Waals surface area contributed by atoms with E-state index in [9.17, 15) is 0 Å². The lowest BCUT2D eigenvalue weighted by atomic mass is 10.4. The van der Waals surface area contributed by atoms with Gasteiger partial charge in [0.05, 0.1) is 12.1 Å². The van der Waals surface area contributed by atoms with Gasteiger partial charge in [-0.3, -0.25) is 0 Å². The molecule has 10 heavy (non-hydrogen) atoms. The summed E-state index contributed by atoms with van der Waals surface area (Å²) in [5.41, 5.74) is 5.57. The number of nitrogens with two attached hydrogens (primary N) is 1. The zero-order chi connectivity index (χ0) is 8.15. The van der Waals surface area contributed by atoms with Crippen LogP contribution in [0, 0.1) is 0 Å². The molecule has 0 aliphatic carbocycles. The summed E-state index contributed by atoms with van der Waals surface area (Å²) in [5.74, 6) is 3.63. The van der Waals surface area contributed by atoms with Crippen LogP contribution in [0.25, 0.3) is 0 Å². The second-order valence-electron chi connectivity index (χ2n) is 2.42. The average Bonchev–Trinajstić information content (AvgIpc) is 1.81. The van der Waals surface area contributed by atoms with Gasteiger partial charge in [-0.15, -0.1) is 10.9 Å². The molecule has 0 fully saturated rings. The van der Waals surface area contributed by atoms with Gasteiger partial charge < -0.3 is 10.5 Å². The molecule has 0 saturated heterocycles. The summed E-state index contributed by atoms with van der Waals surface area (Å²) < 4.78 is 5.35. The van der Waals surface area contributed by atoms with Crippen LogP contribution in [0.5, 0.6) is 0 Å². The quantitative estimate of drug-likeness (QED) is 0.614. The predicted octanol–water partition coefficient (Wildman–Crippen LogP) is 1.05. The van der Waals surface area contributed by atoms with E-state index in [0.29, 0.717) is 0 Å². The van der Waals surface area contributed by atoms with E-state index in [4.69, 9.17) is 10.5 Å². The van der Waals surface area contributed by atoms with E-state index in [1.165, 1.54) is 10.9 Å². The van der Waals surface area contributed by atoms with Gasteiger partial charge in [-0.25, -0.2) is 0 Å². The summed E-state index contributed by atoms with van der Waals surface area (Å²) in [7, 11) is 1.33. The van der Waals surface area contributed by atoms with Crippen molar-refractivity contribution in [3.63, 3.8) is 0 Å². The second-order valence-corrected chi connectivity index (χ2v) is 3.11. The van der Waals surface area contributed by atoms with Gasteiger partial charge in [0.2, 0.25) is 0 Å². The molecule has 0 amide bonds. The van der Waals surface area contributed by atoms with Crippen LogP contribution in [0.3, 0.4) is 0 Å². The van der Waals surface area contributed by atoms with Crippen LogP contribution in [0.15, 0.2) is 0 Å². The van der Waals surface area contributed by atoms with Crippen molar-refractivity contribution < 1.29 is 4.74 Å². The van der Waals surface area contributed by atoms with Crippen LogP contribution in [-0.2, 0) is 4.74 Å². The molecule has 1 atom stereocenters. The molecule has 60 valence electrons. The molecular formula is C7H15NOS. The molecule has 2 nitrogen and oxygen atoms in total. The Balaban J connectivity index is 3.99. The Morgan fingerprint density at radius 1 is 1.50 bits per heavy atom. The topological polar surface area (TPSA) is 35.2 Å². The summed E-state index contributed by atoms with van der Waals surface area (Å²) in [6.07, 6.45) is 0.190. The Kier molecular flexibility index (Phi) is 4.60. The van der Waals surface area contributed by atoms with Crippen molar-refractivity contribution in [1.29, 1.82) is 0 Å². The minimum absolute atomic E-state index is 0.0371. The molecule has 2 N–H and O–H groups in total. The van der Waals surface area contributed by atoms with Gasteiger partial charge in [-0.1, -0.05) is 0 Å². The molecule has 3 heteroatoms. The first-order valence-electron chi connectivity index (χ1n) is 3.29. The number of hydrogen-bond donors (Lipinski definition) is 1. The molecule has 0 aliphatic rings. The minimum Gasteiger partial charge on any atom is -0.336 e. The van der Waals surface area contributed by atoms with Crippen LogP contribution in [0.4, 0.5) is 0 Å². The van der Waals surface area contributed by atoms with Crippen molar-refractivity contribution >= 4 is 21.9 Å². The zero-order valence-corrected chi connectivity index (χ0v) is 7.57. The van der Waals surface area contributed by atoms with Crippen molar-refractivity contribution in [3.05, 3.63) is 0 Å². The minimum atomic E-state index is -0.0371. The highest BCUT2D eigenvalue weighted by Crippen LogP contribution is 1.95. The van der Waals surface area contributed by atoms with Crippen molar-refractivity contribution in [3.8, 4) is 0 Å². The van der Waals surface area contributed by atoms with Crippen molar-refractivity contribution in [2.45, 2.75) is 32.9 Å². The predicted molar refractivity (Wildman–Crippen MR) is 49.6 cm³/mol. The summed E-state index contributed by atoms with van der Waals surface area (Å²) >= 11 is 0. The number of hydrogen-bond acceptors (Lipinski definition) is 2. The molecule has 0 unspecified atom stereocenters. The molecule has 0 aromatic carbocycles. The molecule has 0 aromatic rings. The molecule has 0 aromatic heterocycles. The lowest BCUT2D eigenvalue weighted by molar-refractivity contribution is 0.226. The normalized spacial score (nSPS) is 13.3. The first-order valence-corrected chi connectivity index (χ1v) is 4.27.